The Kier molecular flexibility index (Phi) is 3.19. The third kappa shape index (κ3) is 2.79. The van der Waals surface area contributed by atoms with Gasteiger partial charge in [0.15, 0.2) is 11.6 Å². The summed E-state index contributed by atoms with van der Waals surface area (Å²) in [7, 11) is 0. The minimum Gasteiger partial charge on any atom is -0.508 e. The van der Waals surface area contributed by atoms with Crippen LogP contribution in [0.2, 0.25) is 0 Å². The van der Waals surface area contributed by atoms with Crippen LogP contribution in [0.1, 0.15) is 11.1 Å². The molecule has 0 fully saturated rings. The van der Waals surface area contributed by atoms with Gasteiger partial charge in [-0.3, -0.25) is 0 Å². The van der Waals surface area contributed by atoms with Crippen LogP contribution in [-0.4, -0.2) is 15.3 Å². The molecule has 2 rings (SSSR count). The molecule has 0 atom stereocenters. The van der Waals surface area contributed by atoms with Gasteiger partial charge in [0.1, 0.15) is 11.5 Å². The standard InChI is InChI=1S/C14H11FO3/c15-13-7-9(3-4-14(13)18)1-2-10-5-11(16)8-12(17)6-10/h1-8,16-18H/b2-1+. The molecule has 3 nitrogen and oxygen atoms in total. The van der Waals surface area contributed by atoms with E-state index in [1.54, 1.807) is 18.2 Å². The first-order chi connectivity index (χ1) is 8.54. The minimum absolute atomic E-state index is 0.0495. The molecule has 4 heteroatoms. The highest BCUT2D eigenvalue weighted by Gasteiger charge is 1.99. The van der Waals surface area contributed by atoms with Crippen LogP contribution in [0.25, 0.3) is 12.2 Å². The van der Waals surface area contributed by atoms with E-state index in [1.807, 2.05) is 0 Å². The first kappa shape index (κ1) is 12.0. The summed E-state index contributed by atoms with van der Waals surface area (Å²) in [5.41, 5.74) is 1.15. The lowest BCUT2D eigenvalue weighted by molar-refractivity contribution is 0.432. The van der Waals surface area contributed by atoms with E-state index in [4.69, 9.17) is 5.11 Å². The second kappa shape index (κ2) is 4.79. The Morgan fingerprint density at radius 2 is 1.39 bits per heavy atom. The molecule has 0 unspecified atom stereocenters. The molecule has 0 spiro atoms. The van der Waals surface area contributed by atoms with Gasteiger partial charge in [-0.25, -0.2) is 4.39 Å². The molecule has 0 aromatic heterocycles. The minimum atomic E-state index is -0.698. The molecule has 2 aromatic rings. The number of phenolic OH excluding ortho intramolecular Hbond substituents is 3. The summed E-state index contributed by atoms with van der Waals surface area (Å²) in [4.78, 5) is 0. The highest BCUT2D eigenvalue weighted by atomic mass is 19.1. The largest absolute Gasteiger partial charge is 0.508 e. The second-order valence-electron chi connectivity index (χ2n) is 3.83. The zero-order chi connectivity index (χ0) is 13.1. The van der Waals surface area contributed by atoms with Crippen molar-refractivity contribution in [1.82, 2.24) is 0 Å². The van der Waals surface area contributed by atoms with Crippen molar-refractivity contribution in [3.8, 4) is 17.2 Å². The van der Waals surface area contributed by atoms with E-state index in [2.05, 4.69) is 0 Å². The number of phenols is 3. The summed E-state index contributed by atoms with van der Waals surface area (Å²) in [6, 6.07) is 8.15. The van der Waals surface area contributed by atoms with Crippen LogP contribution in [0.5, 0.6) is 17.2 Å². The maximum Gasteiger partial charge on any atom is 0.165 e. The van der Waals surface area contributed by atoms with E-state index in [-0.39, 0.29) is 11.5 Å². The molecule has 0 heterocycles. The Morgan fingerprint density at radius 1 is 0.778 bits per heavy atom. The van der Waals surface area contributed by atoms with Gasteiger partial charge in [-0.05, 0) is 35.4 Å². The summed E-state index contributed by atoms with van der Waals surface area (Å²) in [6.45, 7) is 0. The van der Waals surface area contributed by atoms with Crippen molar-refractivity contribution in [2.24, 2.45) is 0 Å². The highest BCUT2D eigenvalue weighted by molar-refractivity contribution is 5.71. The number of halogens is 1. The first-order valence-corrected chi connectivity index (χ1v) is 5.24. The van der Waals surface area contributed by atoms with Crippen molar-refractivity contribution in [1.29, 1.82) is 0 Å². The summed E-state index contributed by atoms with van der Waals surface area (Å²) in [5, 5.41) is 27.6. The zero-order valence-electron chi connectivity index (χ0n) is 9.34. The molecule has 0 bridgehead atoms. The average Bonchev–Trinajstić information content (AvgIpc) is 2.29. The molecule has 0 saturated carbocycles. The maximum atomic E-state index is 13.1. The summed E-state index contributed by atoms with van der Waals surface area (Å²) in [5.74, 6) is -1.20. The normalized spacial score (nSPS) is 10.9. The van der Waals surface area contributed by atoms with Crippen LogP contribution in [0.3, 0.4) is 0 Å². The first-order valence-electron chi connectivity index (χ1n) is 5.24. The molecule has 0 aliphatic rings. The van der Waals surface area contributed by atoms with Crippen molar-refractivity contribution in [3.63, 3.8) is 0 Å². The van der Waals surface area contributed by atoms with Crippen LogP contribution in [0.4, 0.5) is 4.39 Å². The van der Waals surface area contributed by atoms with Gasteiger partial charge in [-0.2, -0.15) is 0 Å². The fraction of sp³-hybridized carbons (Fsp3) is 0. The van der Waals surface area contributed by atoms with Crippen LogP contribution < -0.4 is 0 Å². The Labute approximate surface area is 103 Å². The Morgan fingerprint density at radius 3 is 2.00 bits per heavy atom. The van der Waals surface area contributed by atoms with Gasteiger partial charge < -0.3 is 15.3 Å². The number of rotatable bonds is 2. The lowest BCUT2D eigenvalue weighted by atomic mass is 10.1. The van der Waals surface area contributed by atoms with Gasteiger partial charge in [-0.1, -0.05) is 18.2 Å². The third-order valence-corrected chi connectivity index (χ3v) is 2.36. The van der Waals surface area contributed by atoms with Crippen LogP contribution in [0, 0.1) is 5.82 Å². The van der Waals surface area contributed by atoms with Gasteiger partial charge in [0, 0.05) is 6.07 Å². The molecule has 0 saturated heterocycles. The zero-order valence-corrected chi connectivity index (χ0v) is 9.34. The van der Waals surface area contributed by atoms with E-state index < -0.39 is 11.6 Å². The van der Waals surface area contributed by atoms with E-state index in [0.717, 1.165) is 0 Å². The Balaban J connectivity index is 2.27. The Hall–Kier alpha value is -2.49. The van der Waals surface area contributed by atoms with Crippen LogP contribution in [-0.2, 0) is 0 Å². The molecular formula is C14H11FO3. The van der Waals surface area contributed by atoms with Crippen LogP contribution in [0.15, 0.2) is 36.4 Å². The van der Waals surface area contributed by atoms with Crippen molar-refractivity contribution in [3.05, 3.63) is 53.3 Å². The molecule has 0 amide bonds. The highest BCUT2D eigenvalue weighted by Crippen LogP contribution is 2.22. The van der Waals surface area contributed by atoms with E-state index in [9.17, 15) is 14.6 Å². The predicted molar refractivity (Wildman–Crippen MR) is 66.8 cm³/mol. The van der Waals surface area contributed by atoms with E-state index in [1.165, 1.54) is 30.3 Å². The monoisotopic (exact) mass is 246 g/mol. The van der Waals surface area contributed by atoms with Crippen molar-refractivity contribution in [2.45, 2.75) is 0 Å². The maximum absolute atomic E-state index is 13.1. The molecule has 0 radical (unpaired) electrons. The summed E-state index contributed by atoms with van der Waals surface area (Å²) in [6.07, 6.45) is 3.22. The SMILES string of the molecule is Oc1cc(O)cc(/C=C/c2ccc(O)c(F)c2)c1. The lowest BCUT2D eigenvalue weighted by Crippen LogP contribution is -1.78. The molecule has 0 aliphatic carbocycles. The van der Waals surface area contributed by atoms with Crippen molar-refractivity contribution < 1.29 is 19.7 Å². The van der Waals surface area contributed by atoms with Gasteiger partial charge >= 0.3 is 0 Å². The predicted octanol–water partition coefficient (Wildman–Crippen LogP) is 3.11. The average molecular weight is 246 g/mol. The summed E-state index contributed by atoms with van der Waals surface area (Å²) >= 11 is 0. The molecular weight excluding hydrogens is 235 g/mol. The number of aromatic hydroxyl groups is 3. The smallest absolute Gasteiger partial charge is 0.165 e. The van der Waals surface area contributed by atoms with E-state index >= 15 is 0 Å². The molecule has 3 N–H and O–H groups in total. The van der Waals surface area contributed by atoms with Crippen LogP contribution >= 0.6 is 0 Å². The fourth-order valence-electron chi connectivity index (χ4n) is 1.53. The second-order valence-corrected chi connectivity index (χ2v) is 3.83. The van der Waals surface area contributed by atoms with Crippen molar-refractivity contribution in [2.75, 3.05) is 0 Å². The molecule has 92 valence electrons. The number of hydrogen-bond acceptors (Lipinski definition) is 3. The number of hydrogen-bond donors (Lipinski definition) is 3. The molecule has 2 aromatic carbocycles. The topological polar surface area (TPSA) is 60.7 Å². The quantitative estimate of drug-likeness (QED) is 0.713. The van der Waals surface area contributed by atoms with Crippen molar-refractivity contribution >= 4 is 12.2 Å². The van der Waals surface area contributed by atoms with E-state index in [0.29, 0.717) is 11.1 Å². The number of benzene rings is 2. The molecule has 18 heavy (non-hydrogen) atoms. The molecule has 0 aliphatic heterocycles. The van der Waals surface area contributed by atoms with Gasteiger partial charge in [-0.15, -0.1) is 0 Å². The van der Waals surface area contributed by atoms with Gasteiger partial charge in [0.05, 0.1) is 0 Å². The summed E-state index contributed by atoms with van der Waals surface area (Å²) < 4.78 is 13.1. The van der Waals surface area contributed by atoms with Gasteiger partial charge in [0.25, 0.3) is 0 Å². The third-order valence-electron chi connectivity index (χ3n) is 2.36. The lowest BCUT2D eigenvalue weighted by Gasteiger charge is -1.99. The Bertz CT molecular complexity index is 586. The van der Waals surface area contributed by atoms with Gasteiger partial charge in [0.2, 0.25) is 0 Å². The fourth-order valence-corrected chi connectivity index (χ4v) is 1.53.